The topological polar surface area (TPSA) is 56.5 Å². The van der Waals surface area contributed by atoms with Crippen molar-refractivity contribution in [2.45, 2.75) is 0 Å². The van der Waals surface area contributed by atoms with Crippen LogP contribution in [0.25, 0.3) is 95.0 Å². The van der Waals surface area contributed by atoms with E-state index in [2.05, 4.69) is 185 Å². The summed E-state index contributed by atoms with van der Waals surface area (Å²) in [6, 6.07) is 65.6. The largest absolute Gasteiger partial charge is 0.309 e. The molecule has 10 rings (SSSR count). The zero-order chi connectivity index (χ0) is 36.6. The molecule has 3 heterocycles. The van der Waals surface area contributed by atoms with Crippen molar-refractivity contribution in [3.63, 3.8) is 0 Å². The lowest BCUT2D eigenvalue weighted by Gasteiger charge is -2.11. The Morgan fingerprint density at radius 1 is 0.309 bits per heavy atom. The molecule has 5 heteroatoms. The molecular weight excluding hydrogens is 671 g/mol. The highest BCUT2D eigenvalue weighted by molar-refractivity contribution is 6.10. The minimum absolute atomic E-state index is 0.618. The number of aromatic nitrogens is 5. The van der Waals surface area contributed by atoms with Crippen LogP contribution in [0.1, 0.15) is 0 Å². The fraction of sp³-hybridized carbons (Fsp3) is 0. The number of nitrogens with zero attached hydrogens (tertiary/aromatic N) is 5. The standard InChI is InChI=1S/C50H33N5/c1-3-11-34(12-4-1)39-13-9-14-41(31-39)50-53-48(52-49(54-50)38-26-22-36(23-27-38)42-15-10-30-51-33-42)37-24-20-35(21-25-37)40-28-29-47-45(32-40)44-18-7-8-19-46(44)55(47)43-16-5-2-6-17-43/h1-33H. The SMILES string of the molecule is c1ccc(-c2cccc(-c3nc(-c4ccc(-c5cccnc5)cc4)nc(-c4ccc(-c5ccc6c(c5)c5ccccc5n6-c5ccccc5)cc4)n3)c2)cc1. The Morgan fingerprint density at radius 3 is 1.49 bits per heavy atom. The summed E-state index contributed by atoms with van der Waals surface area (Å²) in [5, 5.41) is 2.45. The van der Waals surface area contributed by atoms with Crippen LogP contribution in [-0.2, 0) is 0 Å². The highest BCUT2D eigenvalue weighted by Crippen LogP contribution is 2.36. The number of rotatable bonds is 7. The van der Waals surface area contributed by atoms with Crippen molar-refractivity contribution in [2.75, 3.05) is 0 Å². The summed E-state index contributed by atoms with van der Waals surface area (Å²) in [7, 11) is 0. The van der Waals surface area contributed by atoms with E-state index in [1.165, 1.54) is 21.8 Å². The summed E-state index contributed by atoms with van der Waals surface area (Å²) < 4.78 is 2.34. The van der Waals surface area contributed by atoms with Crippen LogP contribution in [0, 0.1) is 0 Å². The summed E-state index contributed by atoms with van der Waals surface area (Å²) in [5.74, 6) is 1.86. The molecule has 0 N–H and O–H groups in total. The Labute approximate surface area is 318 Å². The van der Waals surface area contributed by atoms with Gasteiger partial charge in [0, 0.05) is 45.5 Å². The van der Waals surface area contributed by atoms with Gasteiger partial charge in [0.25, 0.3) is 0 Å². The summed E-state index contributed by atoms with van der Waals surface area (Å²) in [4.78, 5) is 19.5. The molecule has 0 aliphatic carbocycles. The van der Waals surface area contributed by atoms with Crippen molar-refractivity contribution in [2.24, 2.45) is 0 Å². The second-order valence-electron chi connectivity index (χ2n) is 13.6. The molecule has 0 saturated heterocycles. The van der Waals surface area contributed by atoms with E-state index >= 15 is 0 Å². The normalized spacial score (nSPS) is 11.3. The highest BCUT2D eigenvalue weighted by Gasteiger charge is 2.16. The monoisotopic (exact) mass is 703 g/mol. The van der Waals surface area contributed by atoms with Crippen molar-refractivity contribution >= 4 is 21.8 Å². The molecule has 0 saturated carbocycles. The van der Waals surface area contributed by atoms with Gasteiger partial charge in [-0.15, -0.1) is 0 Å². The van der Waals surface area contributed by atoms with E-state index in [0.717, 1.165) is 55.8 Å². The number of para-hydroxylation sites is 2. The fourth-order valence-corrected chi connectivity index (χ4v) is 7.40. The maximum absolute atomic E-state index is 5.08. The second-order valence-corrected chi connectivity index (χ2v) is 13.6. The Bertz CT molecular complexity index is 2940. The molecule has 7 aromatic carbocycles. The van der Waals surface area contributed by atoms with Crippen molar-refractivity contribution < 1.29 is 0 Å². The van der Waals surface area contributed by atoms with E-state index in [1.807, 2.05) is 18.3 Å². The lowest BCUT2D eigenvalue weighted by Crippen LogP contribution is -2.00. The van der Waals surface area contributed by atoms with E-state index in [0.29, 0.717) is 17.5 Å². The zero-order valence-electron chi connectivity index (χ0n) is 29.8. The van der Waals surface area contributed by atoms with Gasteiger partial charge in [-0.25, -0.2) is 15.0 Å². The van der Waals surface area contributed by atoms with Gasteiger partial charge in [0.05, 0.1) is 11.0 Å². The second kappa shape index (κ2) is 13.8. The predicted molar refractivity (Wildman–Crippen MR) is 225 cm³/mol. The van der Waals surface area contributed by atoms with Gasteiger partial charge in [-0.2, -0.15) is 0 Å². The third kappa shape index (κ3) is 6.14. The van der Waals surface area contributed by atoms with Gasteiger partial charge in [-0.3, -0.25) is 4.98 Å². The van der Waals surface area contributed by atoms with Crippen LogP contribution in [0.15, 0.2) is 200 Å². The fourth-order valence-electron chi connectivity index (χ4n) is 7.40. The molecule has 0 amide bonds. The van der Waals surface area contributed by atoms with E-state index in [-0.39, 0.29) is 0 Å². The van der Waals surface area contributed by atoms with E-state index in [4.69, 9.17) is 15.0 Å². The van der Waals surface area contributed by atoms with Gasteiger partial charge >= 0.3 is 0 Å². The summed E-state index contributed by atoms with van der Waals surface area (Å²) in [6.45, 7) is 0. The Balaban J connectivity index is 1.05. The highest BCUT2D eigenvalue weighted by atomic mass is 15.0. The van der Waals surface area contributed by atoms with Gasteiger partial charge in [-0.05, 0) is 75.8 Å². The molecular formula is C50H33N5. The molecule has 55 heavy (non-hydrogen) atoms. The van der Waals surface area contributed by atoms with Crippen LogP contribution in [0.2, 0.25) is 0 Å². The number of hydrogen-bond acceptors (Lipinski definition) is 4. The van der Waals surface area contributed by atoms with Crippen molar-refractivity contribution in [1.29, 1.82) is 0 Å². The molecule has 0 fully saturated rings. The summed E-state index contributed by atoms with van der Waals surface area (Å²) in [6.07, 6.45) is 3.66. The third-order valence-electron chi connectivity index (χ3n) is 10.2. The first kappa shape index (κ1) is 32.2. The predicted octanol–water partition coefficient (Wildman–Crippen LogP) is 12.4. The first-order valence-electron chi connectivity index (χ1n) is 18.4. The summed E-state index contributed by atoms with van der Waals surface area (Å²) >= 11 is 0. The molecule has 3 aromatic heterocycles. The van der Waals surface area contributed by atoms with Crippen LogP contribution in [0.5, 0.6) is 0 Å². The third-order valence-corrected chi connectivity index (χ3v) is 10.2. The molecule has 0 radical (unpaired) electrons. The molecule has 0 aliphatic rings. The van der Waals surface area contributed by atoms with Gasteiger partial charge in [0.1, 0.15) is 0 Å². The lowest BCUT2D eigenvalue weighted by molar-refractivity contribution is 1.07. The maximum atomic E-state index is 5.08. The molecule has 0 bridgehead atoms. The zero-order valence-corrected chi connectivity index (χ0v) is 29.8. The maximum Gasteiger partial charge on any atom is 0.164 e. The smallest absolute Gasteiger partial charge is 0.164 e. The van der Waals surface area contributed by atoms with Crippen LogP contribution < -0.4 is 0 Å². The van der Waals surface area contributed by atoms with E-state index in [1.54, 1.807) is 6.20 Å². The molecule has 0 spiro atoms. The Kier molecular flexibility index (Phi) is 8.08. The lowest BCUT2D eigenvalue weighted by atomic mass is 10.0. The Morgan fingerprint density at radius 2 is 0.800 bits per heavy atom. The van der Waals surface area contributed by atoms with Gasteiger partial charge in [0.15, 0.2) is 17.5 Å². The number of benzene rings is 7. The first-order chi connectivity index (χ1) is 27.2. The Hall–Kier alpha value is -7.50. The van der Waals surface area contributed by atoms with Crippen LogP contribution in [-0.4, -0.2) is 24.5 Å². The average Bonchev–Trinajstić information content (AvgIpc) is 3.61. The van der Waals surface area contributed by atoms with Gasteiger partial charge in [-0.1, -0.05) is 146 Å². The first-order valence-corrected chi connectivity index (χ1v) is 18.4. The van der Waals surface area contributed by atoms with Crippen LogP contribution in [0.3, 0.4) is 0 Å². The quantitative estimate of drug-likeness (QED) is 0.166. The molecule has 5 nitrogen and oxygen atoms in total. The molecule has 258 valence electrons. The molecule has 0 unspecified atom stereocenters. The van der Waals surface area contributed by atoms with E-state index < -0.39 is 0 Å². The minimum Gasteiger partial charge on any atom is -0.309 e. The number of pyridine rings is 1. The van der Waals surface area contributed by atoms with Crippen molar-refractivity contribution in [3.8, 4) is 73.2 Å². The molecule has 10 aromatic rings. The number of fused-ring (bicyclic) bond motifs is 3. The molecule has 0 atom stereocenters. The van der Waals surface area contributed by atoms with Gasteiger partial charge in [0.2, 0.25) is 0 Å². The van der Waals surface area contributed by atoms with Crippen LogP contribution in [0.4, 0.5) is 0 Å². The number of hydrogen-bond donors (Lipinski definition) is 0. The van der Waals surface area contributed by atoms with Crippen molar-refractivity contribution in [3.05, 3.63) is 200 Å². The summed E-state index contributed by atoms with van der Waals surface area (Å²) in [5.41, 5.74) is 13.0. The van der Waals surface area contributed by atoms with Crippen molar-refractivity contribution in [1.82, 2.24) is 24.5 Å². The molecule has 0 aliphatic heterocycles. The minimum atomic E-state index is 0.618. The average molecular weight is 704 g/mol. The van der Waals surface area contributed by atoms with E-state index in [9.17, 15) is 0 Å². The van der Waals surface area contributed by atoms with Crippen LogP contribution >= 0.6 is 0 Å². The van der Waals surface area contributed by atoms with Gasteiger partial charge < -0.3 is 4.57 Å².